The van der Waals surface area contributed by atoms with E-state index in [1.54, 1.807) is 11.3 Å². The van der Waals surface area contributed by atoms with E-state index < -0.39 is 11.4 Å². The predicted octanol–water partition coefficient (Wildman–Crippen LogP) is 3.12. The van der Waals surface area contributed by atoms with Crippen LogP contribution < -0.4 is 17.0 Å². The second kappa shape index (κ2) is 9.20. The van der Waals surface area contributed by atoms with Gasteiger partial charge in [0.15, 0.2) is 0 Å². The number of hydrogen-bond acceptors (Lipinski definition) is 5. The summed E-state index contributed by atoms with van der Waals surface area (Å²) in [4.78, 5) is 37.8. The smallest absolute Gasteiger partial charge is 0.277 e. The van der Waals surface area contributed by atoms with E-state index in [1.807, 2.05) is 49.4 Å². The summed E-state index contributed by atoms with van der Waals surface area (Å²) in [5.41, 5.74) is 2.81. The number of hydrogen-bond donors (Lipinski definition) is 1. The van der Waals surface area contributed by atoms with Gasteiger partial charge in [-0.3, -0.25) is 9.55 Å². The molecule has 1 N–H and O–H groups in total. The zero-order valence-corrected chi connectivity index (χ0v) is 18.8. The van der Waals surface area contributed by atoms with Crippen molar-refractivity contribution in [2.24, 2.45) is 4.99 Å². The monoisotopic (exact) mass is 445 g/mol. The summed E-state index contributed by atoms with van der Waals surface area (Å²) in [6.07, 6.45) is 6.48. The minimum Gasteiger partial charge on any atom is -0.277 e. The molecule has 0 bridgehead atoms. The Morgan fingerprint density at radius 2 is 1.94 bits per heavy atom. The molecule has 4 rings (SSSR count). The topological polar surface area (TPSA) is 85.0 Å². The van der Waals surface area contributed by atoms with Gasteiger partial charge in [0.25, 0.3) is 0 Å². The molecule has 4 aromatic rings. The van der Waals surface area contributed by atoms with Crippen molar-refractivity contribution in [1.29, 1.82) is 0 Å². The van der Waals surface area contributed by atoms with Gasteiger partial charge < -0.3 is 0 Å². The Bertz CT molecular complexity index is 1500. The molecule has 0 unspecified atom stereocenters. The molecule has 8 heteroatoms. The fourth-order valence-electron chi connectivity index (χ4n) is 3.34. The lowest BCUT2D eigenvalue weighted by molar-refractivity contribution is 0.530. The maximum Gasteiger partial charge on any atom is 0.335 e. The molecular formula is C24H23N5O2S. The molecule has 0 aliphatic heterocycles. The molecule has 0 fully saturated rings. The molecule has 162 valence electrons. The van der Waals surface area contributed by atoms with E-state index in [-0.39, 0.29) is 25.1 Å². The molecule has 0 radical (unpaired) electrons. The van der Waals surface area contributed by atoms with Gasteiger partial charge in [0, 0.05) is 13.0 Å². The number of rotatable bonds is 6. The van der Waals surface area contributed by atoms with Gasteiger partial charge in [0.1, 0.15) is 0 Å². The molecule has 2 aromatic heterocycles. The number of fused-ring (bicyclic) bond motifs is 1. The first-order valence-corrected chi connectivity index (χ1v) is 11.2. The van der Waals surface area contributed by atoms with Gasteiger partial charge in [-0.1, -0.05) is 36.8 Å². The molecule has 0 aliphatic carbocycles. The normalized spacial score (nSPS) is 11.7. The summed E-state index contributed by atoms with van der Waals surface area (Å²) in [5, 5.41) is 1.05. The summed E-state index contributed by atoms with van der Waals surface area (Å²) in [7, 11) is 0. The molecule has 0 spiro atoms. The molecule has 0 aliphatic rings. The van der Waals surface area contributed by atoms with E-state index in [0.29, 0.717) is 5.69 Å². The van der Waals surface area contributed by atoms with Crippen LogP contribution in [0.2, 0.25) is 0 Å². The minimum absolute atomic E-state index is 0.144. The fraction of sp³-hybridized carbons (Fsp3) is 0.250. The highest BCUT2D eigenvalue weighted by atomic mass is 32.1. The number of benzene rings is 2. The second-order valence-corrected chi connectivity index (χ2v) is 8.55. The van der Waals surface area contributed by atoms with Crippen LogP contribution in [-0.4, -0.2) is 19.1 Å². The van der Waals surface area contributed by atoms with Gasteiger partial charge in [0.2, 0.25) is 5.62 Å². The third-order valence-corrected chi connectivity index (χ3v) is 6.24. The highest BCUT2D eigenvalue weighted by Crippen LogP contribution is 2.26. The van der Waals surface area contributed by atoms with E-state index in [1.165, 1.54) is 4.57 Å². The van der Waals surface area contributed by atoms with Crippen LogP contribution >= 0.6 is 11.3 Å². The number of aryl methyl sites for hydroxylation is 2. The number of thiazole rings is 1. The van der Waals surface area contributed by atoms with Crippen LogP contribution in [0.3, 0.4) is 0 Å². The zero-order chi connectivity index (χ0) is 22.7. The van der Waals surface area contributed by atoms with Crippen LogP contribution in [0.15, 0.2) is 57.0 Å². The molecule has 0 saturated carbocycles. The summed E-state index contributed by atoms with van der Waals surface area (Å²) in [5.74, 6) is 2.47. The number of nitrogens with one attached hydrogen (secondary N) is 1. The van der Waals surface area contributed by atoms with Gasteiger partial charge in [-0.15, -0.1) is 23.7 Å². The van der Waals surface area contributed by atoms with Crippen molar-refractivity contribution < 1.29 is 0 Å². The van der Waals surface area contributed by atoms with Crippen molar-refractivity contribution in [2.75, 3.05) is 0 Å². The SMILES string of the molecule is C#CCCn1c(=O)[nH]/c(=N\c2ccc3nc(CC)sc3c2)n(Cc2ccc(C)cc2)c1=O. The van der Waals surface area contributed by atoms with Gasteiger partial charge >= 0.3 is 11.4 Å². The maximum absolute atomic E-state index is 13.2. The van der Waals surface area contributed by atoms with Crippen LogP contribution in [-0.2, 0) is 19.5 Å². The van der Waals surface area contributed by atoms with Gasteiger partial charge in [0.05, 0.1) is 27.5 Å². The molecule has 0 saturated heterocycles. The second-order valence-electron chi connectivity index (χ2n) is 7.44. The molecule has 32 heavy (non-hydrogen) atoms. The van der Waals surface area contributed by atoms with Crippen molar-refractivity contribution in [1.82, 2.24) is 19.1 Å². The Morgan fingerprint density at radius 3 is 2.66 bits per heavy atom. The van der Waals surface area contributed by atoms with Crippen LogP contribution in [0.4, 0.5) is 5.69 Å². The molecule has 7 nitrogen and oxygen atoms in total. The number of H-pyrrole nitrogens is 1. The quantitative estimate of drug-likeness (QED) is 0.463. The Morgan fingerprint density at radius 1 is 1.16 bits per heavy atom. The average Bonchev–Trinajstić information content (AvgIpc) is 3.20. The minimum atomic E-state index is -0.531. The van der Waals surface area contributed by atoms with Gasteiger partial charge in [-0.2, -0.15) is 0 Å². The van der Waals surface area contributed by atoms with E-state index in [4.69, 9.17) is 6.42 Å². The molecule has 0 amide bonds. The molecule has 2 heterocycles. The predicted molar refractivity (Wildman–Crippen MR) is 127 cm³/mol. The largest absolute Gasteiger partial charge is 0.335 e. The third kappa shape index (κ3) is 4.48. The van der Waals surface area contributed by atoms with E-state index in [2.05, 4.69) is 27.8 Å². The summed E-state index contributed by atoms with van der Waals surface area (Å²) < 4.78 is 3.60. The van der Waals surface area contributed by atoms with Crippen LogP contribution in [0, 0.1) is 19.3 Å². The zero-order valence-electron chi connectivity index (χ0n) is 18.0. The van der Waals surface area contributed by atoms with Gasteiger partial charge in [-0.25, -0.2) is 24.1 Å². The van der Waals surface area contributed by atoms with E-state index >= 15 is 0 Å². The Hall–Kier alpha value is -3.70. The van der Waals surface area contributed by atoms with E-state index in [0.717, 1.165) is 37.3 Å². The lowest BCUT2D eigenvalue weighted by atomic mass is 10.1. The van der Waals surface area contributed by atoms with Crippen molar-refractivity contribution in [2.45, 2.75) is 39.8 Å². The first kappa shape index (κ1) is 21.5. The van der Waals surface area contributed by atoms with Crippen LogP contribution in [0.25, 0.3) is 10.2 Å². The third-order valence-electron chi connectivity index (χ3n) is 5.08. The molecular weight excluding hydrogens is 422 g/mol. The molecule has 2 aromatic carbocycles. The first-order valence-electron chi connectivity index (χ1n) is 10.4. The first-order chi connectivity index (χ1) is 15.5. The Balaban J connectivity index is 1.87. The summed E-state index contributed by atoms with van der Waals surface area (Å²) in [6, 6.07) is 13.5. The van der Waals surface area contributed by atoms with E-state index in [9.17, 15) is 9.59 Å². The Kier molecular flexibility index (Phi) is 6.19. The highest BCUT2D eigenvalue weighted by Gasteiger charge is 2.10. The van der Waals surface area contributed by atoms with Gasteiger partial charge in [-0.05, 0) is 37.1 Å². The summed E-state index contributed by atoms with van der Waals surface area (Å²) in [6.45, 7) is 4.49. The average molecular weight is 446 g/mol. The fourth-order valence-corrected chi connectivity index (χ4v) is 4.28. The lowest BCUT2D eigenvalue weighted by Crippen LogP contribution is -2.50. The van der Waals surface area contributed by atoms with Crippen molar-refractivity contribution >= 4 is 27.2 Å². The number of aromatic amines is 1. The molecule has 0 atom stereocenters. The van der Waals surface area contributed by atoms with Crippen molar-refractivity contribution in [3.63, 3.8) is 0 Å². The summed E-state index contributed by atoms with van der Waals surface area (Å²) >= 11 is 1.61. The number of terminal acetylenes is 1. The number of nitrogens with zero attached hydrogens (tertiary/aromatic N) is 4. The van der Waals surface area contributed by atoms with Crippen LogP contribution in [0.1, 0.15) is 29.5 Å². The standard InChI is InChI=1S/C24H23N5O2S/c1-4-6-13-28-23(30)27-22(29(24(28)31)15-17-9-7-16(3)8-10-17)25-18-11-12-19-20(14-18)32-21(5-2)26-19/h1,7-12,14H,5-6,13,15H2,2-3H3,(H,25,27,30). The van der Waals surface area contributed by atoms with Crippen molar-refractivity contribution in [3.8, 4) is 12.3 Å². The number of aromatic nitrogens is 4. The van der Waals surface area contributed by atoms with Crippen LogP contribution in [0.5, 0.6) is 0 Å². The van der Waals surface area contributed by atoms with Crippen molar-refractivity contribution in [3.05, 3.63) is 85.2 Å². The maximum atomic E-state index is 13.2. The lowest BCUT2D eigenvalue weighted by Gasteiger charge is -2.10. The highest BCUT2D eigenvalue weighted by molar-refractivity contribution is 7.18. The Labute approximate surface area is 188 Å².